The third-order valence-electron chi connectivity index (χ3n) is 7.56. The second kappa shape index (κ2) is 19.0. The Hall–Kier alpha value is -3.84. The smallest absolute Gasteiger partial charge is 0.186 e. The van der Waals surface area contributed by atoms with Crippen LogP contribution >= 0.6 is 33.7 Å². The van der Waals surface area contributed by atoms with Crippen molar-refractivity contribution in [1.82, 2.24) is 0 Å². The molecule has 0 aromatic heterocycles. The molecule has 0 N–H and O–H groups in total. The Bertz CT molecular complexity index is 1630. The number of rotatable bonds is 5. The minimum Gasteiger partial charge on any atom is -0.497 e. The molecule has 0 spiro atoms. The van der Waals surface area contributed by atoms with Gasteiger partial charge in [-0.1, -0.05) is 140 Å². The van der Waals surface area contributed by atoms with Gasteiger partial charge in [0.15, 0.2) is 7.38 Å². The lowest BCUT2D eigenvalue weighted by Gasteiger charge is -2.33. The summed E-state index contributed by atoms with van der Waals surface area (Å²) in [6, 6.07) is 60.1. The molecule has 0 bridgehead atoms. The highest BCUT2D eigenvalue weighted by Crippen LogP contribution is 2.35. The highest BCUT2D eigenvalue weighted by atomic mass is 127. The van der Waals surface area contributed by atoms with Crippen molar-refractivity contribution < 1.29 is 9.47 Å². The van der Waals surface area contributed by atoms with E-state index in [1.807, 2.05) is 72.8 Å². The topological polar surface area (TPSA) is 18.5 Å². The second-order valence-corrected chi connectivity index (χ2v) is 17.6. The summed E-state index contributed by atoms with van der Waals surface area (Å²) in [5, 5.41) is 1.36. The highest BCUT2D eigenvalue weighted by Gasteiger charge is 2.39. The van der Waals surface area contributed by atoms with Gasteiger partial charge in [-0.25, -0.2) is 0 Å². The van der Waals surface area contributed by atoms with E-state index in [1.165, 1.54) is 49.5 Å². The number of halogens is 2. The summed E-state index contributed by atoms with van der Waals surface area (Å²) in [5.41, 5.74) is 5.00. The van der Waals surface area contributed by atoms with Crippen LogP contribution in [0.4, 0.5) is 0 Å². The summed E-state index contributed by atoms with van der Waals surface area (Å²) in [6.45, 7) is 0. The average Bonchev–Trinajstić information content (AvgIpc) is 3.13. The molecule has 1 heterocycles. The molecular weight excluding hydrogens is 715 g/mol. The van der Waals surface area contributed by atoms with Crippen LogP contribution in [-0.4, -0.2) is 21.6 Å². The van der Waals surface area contributed by atoms with Crippen LogP contribution < -0.4 is 14.7 Å². The van der Waals surface area contributed by atoms with Crippen molar-refractivity contribution in [2.75, 3.05) is 14.2 Å². The number of hydrogen-bond acceptors (Lipinski definition) is 2. The van der Waals surface area contributed by atoms with E-state index in [-0.39, 0.29) is 0 Å². The van der Waals surface area contributed by atoms with Crippen LogP contribution in [0.5, 0.6) is 11.5 Å². The SMILES string of the molecule is COc1ccc(-c2ccccc2)cc1.COc1ccc([Si]2(Cl)CCC2)cc1.Ic1ccccc1.c1ccc(-c2ccccc2)cc1. The average molecular weight is 755 g/mol. The lowest BCUT2D eigenvalue weighted by molar-refractivity contribution is 0.415. The second-order valence-electron chi connectivity index (χ2n) is 10.7. The highest BCUT2D eigenvalue weighted by molar-refractivity contribution is 14.1. The van der Waals surface area contributed by atoms with Crippen LogP contribution in [0.25, 0.3) is 22.3 Å². The van der Waals surface area contributed by atoms with Crippen molar-refractivity contribution in [1.29, 1.82) is 0 Å². The summed E-state index contributed by atoms with van der Waals surface area (Å²) >= 11 is 8.81. The molecule has 2 nitrogen and oxygen atoms in total. The molecule has 0 radical (unpaired) electrons. The largest absolute Gasteiger partial charge is 0.497 e. The maximum absolute atomic E-state index is 6.53. The summed E-state index contributed by atoms with van der Waals surface area (Å²) in [4.78, 5) is 0. The summed E-state index contributed by atoms with van der Waals surface area (Å²) in [6.07, 6.45) is 1.31. The molecule has 1 saturated heterocycles. The van der Waals surface area contributed by atoms with Crippen molar-refractivity contribution in [3.8, 4) is 33.8 Å². The lowest BCUT2D eigenvalue weighted by atomic mass is 10.1. The fraction of sp³-hybridized carbons (Fsp3) is 0.122. The maximum Gasteiger partial charge on any atom is 0.186 e. The number of ether oxygens (including phenoxy) is 2. The van der Waals surface area contributed by atoms with Crippen molar-refractivity contribution in [2.24, 2.45) is 0 Å². The zero-order valence-corrected chi connectivity index (χ0v) is 30.3. The van der Waals surface area contributed by atoms with Gasteiger partial charge in [-0.15, -0.1) is 0 Å². The first-order chi connectivity index (χ1) is 22.5. The Kier molecular flexibility index (Phi) is 14.4. The molecule has 5 heteroatoms. The lowest BCUT2D eigenvalue weighted by Crippen LogP contribution is -2.47. The first-order valence-electron chi connectivity index (χ1n) is 15.3. The van der Waals surface area contributed by atoms with E-state index in [0.29, 0.717) is 0 Å². The van der Waals surface area contributed by atoms with Crippen molar-refractivity contribution in [3.63, 3.8) is 0 Å². The predicted molar refractivity (Wildman–Crippen MR) is 208 cm³/mol. The fourth-order valence-electron chi connectivity index (χ4n) is 4.76. The van der Waals surface area contributed by atoms with Gasteiger partial charge in [-0.05, 0) is 98.5 Å². The van der Waals surface area contributed by atoms with Crippen LogP contribution in [-0.2, 0) is 0 Å². The zero-order chi connectivity index (χ0) is 32.5. The Labute approximate surface area is 293 Å². The van der Waals surface area contributed by atoms with E-state index in [0.717, 1.165) is 11.5 Å². The number of methoxy groups -OCH3 is 2. The van der Waals surface area contributed by atoms with Gasteiger partial charge in [0.05, 0.1) is 14.2 Å². The van der Waals surface area contributed by atoms with Gasteiger partial charge in [0.1, 0.15) is 11.5 Å². The van der Waals surface area contributed by atoms with Crippen molar-refractivity contribution in [3.05, 3.63) is 173 Å². The Balaban J connectivity index is 0.000000143. The third-order valence-corrected chi connectivity index (χ3v) is 13.7. The van der Waals surface area contributed by atoms with Gasteiger partial charge in [0, 0.05) is 3.57 Å². The first-order valence-corrected chi connectivity index (χ1v) is 19.9. The van der Waals surface area contributed by atoms with E-state index in [1.54, 1.807) is 14.2 Å². The predicted octanol–water partition coefficient (Wildman–Crippen LogP) is 11.5. The van der Waals surface area contributed by atoms with Crippen LogP contribution in [0.15, 0.2) is 170 Å². The minimum absolute atomic E-state index is 0.893. The summed E-state index contributed by atoms with van der Waals surface area (Å²) in [7, 11) is 1.87. The first kappa shape index (κ1) is 35.0. The fourth-order valence-corrected chi connectivity index (χ4v) is 8.67. The molecule has 6 aromatic carbocycles. The number of benzene rings is 6. The Morgan fingerprint density at radius 3 is 1.07 bits per heavy atom. The quantitative estimate of drug-likeness (QED) is 0.0991. The van der Waals surface area contributed by atoms with Gasteiger partial charge in [-0.2, -0.15) is 11.1 Å². The molecule has 1 aliphatic rings. The molecule has 0 amide bonds. The van der Waals surface area contributed by atoms with E-state index in [2.05, 4.69) is 120 Å². The molecule has 0 saturated carbocycles. The molecule has 46 heavy (non-hydrogen) atoms. The van der Waals surface area contributed by atoms with Gasteiger partial charge < -0.3 is 9.47 Å². The minimum atomic E-state index is -1.49. The van der Waals surface area contributed by atoms with Crippen LogP contribution in [0, 0.1) is 3.57 Å². The van der Waals surface area contributed by atoms with Crippen LogP contribution in [0.2, 0.25) is 12.1 Å². The third kappa shape index (κ3) is 11.2. The van der Waals surface area contributed by atoms with Crippen LogP contribution in [0.1, 0.15) is 6.42 Å². The van der Waals surface area contributed by atoms with Gasteiger partial charge in [-0.3, -0.25) is 0 Å². The van der Waals surface area contributed by atoms with Gasteiger partial charge >= 0.3 is 0 Å². The van der Waals surface area contributed by atoms with E-state index in [9.17, 15) is 0 Å². The number of hydrogen-bond donors (Lipinski definition) is 0. The molecule has 234 valence electrons. The van der Waals surface area contributed by atoms with Crippen molar-refractivity contribution in [2.45, 2.75) is 18.5 Å². The van der Waals surface area contributed by atoms with Crippen molar-refractivity contribution >= 4 is 46.2 Å². The molecule has 0 aliphatic carbocycles. The van der Waals surface area contributed by atoms with E-state index < -0.39 is 7.38 Å². The molecule has 0 atom stereocenters. The maximum atomic E-state index is 6.53. The van der Waals surface area contributed by atoms with Crippen LogP contribution in [0.3, 0.4) is 0 Å². The molecule has 6 aromatic rings. The Morgan fingerprint density at radius 2 is 0.783 bits per heavy atom. The van der Waals surface area contributed by atoms with E-state index >= 15 is 0 Å². The normalized spacial score (nSPS) is 12.3. The standard InChI is InChI=1S/C13H12O.C12H10.C10H13ClOSi.C6H5I/c1-14-13-9-7-12(8-10-13)11-5-3-2-4-6-11;1-3-7-11(8-4-1)12-9-5-2-6-10-12;1-12-9-3-5-10(6-4-9)13(11)7-2-8-13;7-6-4-2-1-3-5-6/h2-10H,1H3;1-10H;3-6H,2,7-8H2,1H3;1-5H. The summed E-state index contributed by atoms with van der Waals surface area (Å²) in [5.74, 6) is 1.81. The monoisotopic (exact) mass is 754 g/mol. The summed E-state index contributed by atoms with van der Waals surface area (Å²) < 4.78 is 11.5. The zero-order valence-electron chi connectivity index (χ0n) is 26.4. The molecule has 1 aliphatic heterocycles. The van der Waals surface area contributed by atoms with E-state index in [4.69, 9.17) is 20.6 Å². The molecule has 0 unspecified atom stereocenters. The van der Waals surface area contributed by atoms with Gasteiger partial charge in [0.25, 0.3) is 0 Å². The molecule has 7 rings (SSSR count). The molecular formula is C41H40ClIO2Si. The molecule has 1 fully saturated rings. The van der Waals surface area contributed by atoms with Gasteiger partial charge in [0.2, 0.25) is 0 Å². The Morgan fingerprint density at radius 1 is 0.457 bits per heavy atom.